The number of benzene rings is 1. The number of hydrogen-bond donors (Lipinski definition) is 1. The van der Waals surface area contributed by atoms with Gasteiger partial charge >= 0.3 is 5.92 Å². The van der Waals surface area contributed by atoms with E-state index in [1.807, 2.05) is 43.3 Å². The standard InChI is InChI=1S/C22H24F2N8/c1-3-5-12-32-19(26-21(29-32)22(23,24)4-2)13-15-10-11-18(25-14-15)16-8-6-7-9-17(16)20-27-30-31-28-20/h6-11,14H,3-5,12-13H2,1-2H3,(H,27,28,30,31). The van der Waals surface area contributed by atoms with E-state index in [1.165, 1.54) is 6.92 Å². The highest BCUT2D eigenvalue weighted by Gasteiger charge is 2.35. The molecule has 0 aliphatic rings. The van der Waals surface area contributed by atoms with E-state index in [-0.39, 0.29) is 6.42 Å². The number of alkyl halides is 2. The highest BCUT2D eigenvalue weighted by atomic mass is 19.3. The first-order chi connectivity index (χ1) is 15.5. The summed E-state index contributed by atoms with van der Waals surface area (Å²) in [7, 11) is 0. The molecule has 0 aliphatic heterocycles. The number of H-pyrrole nitrogens is 1. The number of aromatic nitrogens is 8. The largest absolute Gasteiger partial charge is 0.308 e. The minimum absolute atomic E-state index is 0.333. The molecule has 3 heterocycles. The molecule has 4 aromatic rings. The lowest BCUT2D eigenvalue weighted by Crippen LogP contribution is -2.14. The van der Waals surface area contributed by atoms with E-state index in [2.05, 4.69) is 35.7 Å². The molecule has 0 unspecified atom stereocenters. The molecule has 0 saturated carbocycles. The van der Waals surface area contributed by atoms with Crippen LogP contribution in [0.4, 0.5) is 8.78 Å². The molecular formula is C22H24F2N8. The lowest BCUT2D eigenvalue weighted by Gasteiger charge is -2.08. The van der Waals surface area contributed by atoms with Crippen LogP contribution in [0.2, 0.25) is 0 Å². The van der Waals surface area contributed by atoms with Crippen molar-refractivity contribution >= 4 is 0 Å². The van der Waals surface area contributed by atoms with Gasteiger partial charge in [0.1, 0.15) is 5.82 Å². The predicted molar refractivity (Wildman–Crippen MR) is 115 cm³/mol. The summed E-state index contributed by atoms with van der Waals surface area (Å²) in [6.45, 7) is 4.04. The molecule has 0 saturated heterocycles. The number of hydrogen-bond acceptors (Lipinski definition) is 6. The van der Waals surface area contributed by atoms with Crippen LogP contribution < -0.4 is 0 Å². The second-order valence-corrected chi connectivity index (χ2v) is 7.50. The van der Waals surface area contributed by atoms with Crippen LogP contribution in [0.1, 0.15) is 50.3 Å². The first-order valence-electron chi connectivity index (χ1n) is 10.6. The molecule has 0 aliphatic carbocycles. The Kier molecular flexibility index (Phi) is 6.29. The maximum Gasteiger partial charge on any atom is 0.308 e. The fraction of sp³-hybridized carbons (Fsp3) is 0.364. The Morgan fingerprint density at radius 3 is 2.53 bits per heavy atom. The van der Waals surface area contributed by atoms with Gasteiger partial charge in [-0.3, -0.25) is 4.98 Å². The number of tetrazole rings is 1. The summed E-state index contributed by atoms with van der Waals surface area (Å²) in [6, 6.07) is 11.5. The van der Waals surface area contributed by atoms with Crippen LogP contribution in [0.3, 0.4) is 0 Å². The van der Waals surface area contributed by atoms with Crippen LogP contribution in [-0.2, 0) is 18.9 Å². The van der Waals surface area contributed by atoms with E-state index in [4.69, 9.17) is 0 Å². The van der Waals surface area contributed by atoms with Crippen molar-refractivity contribution in [3.63, 3.8) is 0 Å². The zero-order valence-electron chi connectivity index (χ0n) is 18.0. The van der Waals surface area contributed by atoms with Gasteiger partial charge in [0.05, 0.1) is 5.69 Å². The summed E-state index contributed by atoms with van der Waals surface area (Å²) in [4.78, 5) is 8.76. The van der Waals surface area contributed by atoms with Gasteiger partial charge < -0.3 is 0 Å². The lowest BCUT2D eigenvalue weighted by atomic mass is 10.0. The quantitative estimate of drug-likeness (QED) is 0.416. The molecule has 4 rings (SSSR count). The van der Waals surface area contributed by atoms with Crippen molar-refractivity contribution in [3.8, 4) is 22.6 Å². The molecule has 1 aromatic carbocycles. The third-order valence-electron chi connectivity index (χ3n) is 5.22. The molecule has 32 heavy (non-hydrogen) atoms. The smallest absolute Gasteiger partial charge is 0.256 e. The van der Waals surface area contributed by atoms with Crippen molar-refractivity contribution in [2.75, 3.05) is 0 Å². The van der Waals surface area contributed by atoms with Gasteiger partial charge in [0, 0.05) is 36.7 Å². The van der Waals surface area contributed by atoms with E-state index in [9.17, 15) is 8.78 Å². The Bertz CT molecular complexity index is 1150. The third kappa shape index (κ3) is 4.53. The van der Waals surface area contributed by atoms with E-state index in [1.54, 1.807) is 10.9 Å². The SMILES string of the molecule is CCCCn1nc(C(F)(F)CC)nc1Cc1ccc(-c2ccccc2-c2nn[nH]n2)nc1. The third-order valence-corrected chi connectivity index (χ3v) is 5.22. The van der Waals surface area contributed by atoms with Crippen molar-refractivity contribution in [1.82, 2.24) is 40.4 Å². The second kappa shape index (κ2) is 9.29. The van der Waals surface area contributed by atoms with Crippen LogP contribution in [0.25, 0.3) is 22.6 Å². The first-order valence-corrected chi connectivity index (χ1v) is 10.6. The summed E-state index contributed by atoms with van der Waals surface area (Å²) in [5.74, 6) is -2.44. The van der Waals surface area contributed by atoms with E-state index >= 15 is 0 Å². The number of pyridine rings is 1. The van der Waals surface area contributed by atoms with Gasteiger partial charge in [-0.15, -0.1) is 15.3 Å². The fourth-order valence-electron chi connectivity index (χ4n) is 3.35. The van der Waals surface area contributed by atoms with Gasteiger partial charge in [-0.1, -0.05) is 50.6 Å². The first kappa shape index (κ1) is 21.7. The van der Waals surface area contributed by atoms with E-state index in [0.29, 0.717) is 24.6 Å². The highest BCUT2D eigenvalue weighted by molar-refractivity contribution is 5.78. The topological polar surface area (TPSA) is 98.1 Å². The number of aryl methyl sites for hydroxylation is 1. The lowest BCUT2D eigenvalue weighted by molar-refractivity contribution is -0.0177. The number of nitrogens with zero attached hydrogens (tertiary/aromatic N) is 7. The monoisotopic (exact) mass is 438 g/mol. The van der Waals surface area contributed by atoms with Gasteiger partial charge in [0.15, 0.2) is 0 Å². The van der Waals surface area contributed by atoms with Gasteiger partial charge in [-0.05, 0) is 23.3 Å². The molecule has 10 heteroatoms. The van der Waals surface area contributed by atoms with Crippen LogP contribution >= 0.6 is 0 Å². The van der Waals surface area contributed by atoms with Crippen molar-refractivity contribution in [2.45, 2.75) is 52.0 Å². The number of halogens is 2. The molecule has 166 valence electrons. The van der Waals surface area contributed by atoms with Crippen LogP contribution in [0, 0.1) is 0 Å². The van der Waals surface area contributed by atoms with Crippen molar-refractivity contribution in [2.24, 2.45) is 0 Å². The maximum absolute atomic E-state index is 14.2. The molecule has 0 amide bonds. The maximum atomic E-state index is 14.2. The Morgan fingerprint density at radius 2 is 1.88 bits per heavy atom. The van der Waals surface area contributed by atoms with Crippen LogP contribution in [-0.4, -0.2) is 40.4 Å². The minimum Gasteiger partial charge on any atom is -0.256 e. The summed E-state index contributed by atoms with van der Waals surface area (Å²) >= 11 is 0. The molecule has 3 aromatic heterocycles. The van der Waals surface area contributed by atoms with Crippen LogP contribution in [0.15, 0.2) is 42.6 Å². The molecule has 0 spiro atoms. The van der Waals surface area contributed by atoms with Crippen molar-refractivity contribution in [1.29, 1.82) is 0 Å². The van der Waals surface area contributed by atoms with Gasteiger partial charge in [-0.2, -0.15) is 14.0 Å². The highest BCUT2D eigenvalue weighted by Crippen LogP contribution is 2.30. The summed E-state index contributed by atoms with van der Waals surface area (Å²) in [6.07, 6.45) is 3.56. The normalized spacial score (nSPS) is 11.8. The number of aromatic amines is 1. The average Bonchev–Trinajstić information content (AvgIpc) is 3.49. The molecule has 0 radical (unpaired) electrons. The Hall–Kier alpha value is -3.56. The van der Waals surface area contributed by atoms with E-state index in [0.717, 1.165) is 35.2 Å². The molecule has 1 N–H and O–H groups in total. The van der Waals surface area contributed by atoms with E-state index < -0.39 is 11.7 Å². The predicted octanol–water partition coefficient (Wildman–Crippen LogP) is 4.41. The molecule has 0 atom stereocenters. The molecule has 8 nitrogen and oxygen atoms in total. The van der Waals surface area contributed by atoms with Gasteiger partial charge in [0.25, 0.3) is 0 Å². The number of nitrogens with one attached hydrogen (secondary N) is 1. The van der Waals surface area contributed by atoms with Gasteiger partial charge in [0.2, 0.25) is 11.6 Å². The molecule has 0 bridgehead atoms. The van der Waals surface area contributed by atoms with Crippen molar-refractivity contribution < 1.29 is 8.78 Å². The Morgan fingerprint density at radius 1 is 1.06 bits per heavy atom. The fourth-order valence-corrected chi connectivity index (χ4v) is 3.35. The zero-order valence-corrected chi connectivity index (χ0v) is 18.0. The summed E-state index contributed by atoms with van der Waals surface area (Å²) in [5, 5.41) is 18.3. The number of rotatable bonds is 9. The average molecular weight is 438 g/mol. The summed E-state index contributed by atoms with van der Waals surface area (Å²) < 4.78 is 29.9. The van der Waals surface area contributed by atoms with Gasteiger partial charge in [-0.25, -0.2) is 9.67 Å². The number of unbranched alkanes of at least 4 members (excludes halogenated alkanes) is 1. The van der Waals surface area contributed by atoms with Crippen LogP contribution in [0.5, 0.6) is 0 Å². The minimum atomic E-state index is -3.03. The zero-order chi connectivity index (χ0) is 22.6. The van der Waals surface area contributed by atoms with Crippen molar-refractivity contribution in [3.05, 3.63) is 59.8 Å². The molecule has 0 fully saturated rings. The Labute approximate surface area is 184 Å². The Balaban J connectivity index is 1.60. The summed E-state index contributed by atoms with van der Waals surface area (Å²) in [5.41, 5.74) is 3.30. The second-order valence-electron chi connectivity index (χ2n) is 7.50. The molecular weight excluding hydrogens is 414 g/mol.